The highest BCUT2D eigenvalue weighted by molar-refractivity contribution is 4.96. The van der Waals surface area contributed by atoms with Gasteiger partial charge in [0.25, 0.3) is 0 Å². The first-order valence-electron chi connectivity index (χ1n) is 8.04. The van der Waals surface area contributed by atoms with Crippen molar-refractivity contribution in [3.8, 4) is 0 Å². The average molecular weight is 252 g/mol. The first-order chi connectivity index (χ1) is 8.54. The maximum Gasteiger partial charge on any atom is 0.0131 e. The Morgan fingerprint density at radius 3 is 2.61 bits per heavy atom. The van der Waals surface area contributed by atoms with Crippen LogP contribution in [-0.2, 0) is 0 Å². The molecule has 1 aliphatic heterocycles. The van der Waals surface area contributed by atoms with Gasteiger partial charge in [0.1, 0.15) is 0 Å². The van der Waals surface area contributed by atoms with E-state index in [-0.39, 0.29) is 0 Å². The summed E-state index contributed by atoms with van der Waals surface area (Å²) in [6.45, 7) is 9.58. The second-order valence-electron chi connectivity index (χ2n) is 7.25. The van der Waals surface area contributed by atoms with Gasteiger partial charge in [0.2, 0.25) is 0 Å². The predicted octanol–water partition coefficient (Wildman–Crippen LogP) is 3.40. The Labute approximate surface area is 113 Å². The molecular weight excluding hydrogens is 220 g/mol. The zero-order valence-electron chi connectivity index (χ0n) is 12.6. The average Bonchev–Trinajstić information content (AvgIpc) is 2.59. The largest absolute Gasteiger partial charge is 0.327 e. The molecule has 0 radical (unpaired) electrons. The fraction of sp³-hybridized carbons (Fsp3) is 1.00. The zero-order chi connectivity index (χ0) is 13.2. The van der Waals surface area contributed by atoms with E-state index in [4.69, 9.17) is 5.73 Å². The third kappa shape index (κ3) is 3.08. The number of hydrogen-bond donors (Lipinski definition) is 1. The third-order valence-corrected chi connectivity index (χ3v) is 5.41. The van der Waals surface area contributed by atoms with Gasteiger partial charge in [-0.15, -0.1) is 0 Å². The van der Waals surface area contributed by atoms with Crippen molar-refractivity contribution in [3.05, 3.63) is 0 Å². The lowest BCUT2D eigenvalue weighted by atomic mass is 9.85. The first-order valence-corrected chi connectivity index (χ1v) is 8.04. The number of rotatable bonds is 4. The van der Waals surface area contributed by atoms with Gasteiger partial charge in [-0.05, 0) is 50.0 Å². The summed E-state index contributed by atoms with van der Waals surface area (Å²) >= 11 is 0. The molecule has 0 aromatic rings. The second-order valence-corrected chi connectivity index (χ2v) is 7.25. The molecule has 1 heterocycles. The minimum absolute atomic E-state index is 0.362. The summed E-state index contributed by atoms with van der Waals surface area (Å²) in [6, 6.07) is 1.25. The molecule has 0 aromatic heterocycles. The Bertz CT molecular complexity index is 260. The molecule has 2 heteroatoms. The Morgan fingerprint density at radius 2 is 2.00 bits per heavy atom. The summed E-state index contributed by atoms with van der Waals surface area (Å²) in [5.41, 5.74) is 6.83. The Hall–Kier alpha value is -0.0800. The molecule has 2 fully saturated rings. The number of nitrogens with two attached hydrogens (primary N) is 1. The van der Waals surface area contributed by atoms with Gasteiger partial charge in [0, 0.05) is 18.6 Å². The van der Waals surface area contributed by atoms with E-state index < -0.39 is 0 Å². The van der Waals surface area contributed by atoms with Crippen LogP contribution < -0.4 is 5.73 Å². The van der Waals surface area contributed by atoms with Crippen LogP contribution in [0.5, 0.6) is 0 Å². The molecule has 106 valence electrons. The number of hydrogen-bond acceptors (Lipinski definition) is 2. The second kappa shape index (κ2) is 5.92. The molecule has 0 amide bonds. The lowest BCUT2D eigenvalue weighted by Gasteiger charge is -2.39. The molecule has 2 aliphatic rings. The molecular formula is C16H32N2. The van der Waals surface area contributed by atoms with Crippen LogP contribution in [0.2, 0.25) is 0 Å². The van der Waals surface area contributed by atoms with Crippen molar-refractivity contribution in [2.24, 2.45) is 17.1 Å². The normalized spacial score (nSPS) is 37.0. The molecule has 2 rings (SSSR count). The monoisotopic (exact) mass is 252 g/mol. The van der Waals surface area contributed by atoms with E-state index in [1.54, 1.807) is 0 Å². The van der Waals surface area contributed by atoms with Gasteiger partial charge in [0.15, 0.2) is 0 Å². The minimum atomic E-state index is 0.362. The van der Waals surface area contributed by atoms with Gasteiger partial charge in [-0.25, -0.2) is 0 Å². The number of piperidine rings is 1. The van der Waals surface area contributed by atoms with Crippen molar-refractivity contribution >= 4 is 0 Å². The Kier molecular flexibility index (Phi) is 4.71. The number of likely N-dealkylation sites (tertiary alicyclic amines) is 1. The fourth-order valence-corrected chi connectivity index (χ4v) is 4.01. The van der Waals surface area contributed by atoms with E-state index >= 15 is 0 Å². The van der Waals surface area contributed by atoms with Crippen molar-refractivity contribution in [1.82, 2.24) is 4.90 Å². The SMILES string of the molecule is CCCC1CCCCN1CC1CCC(C)(C)C1N. The highest BCUT2D eigenvalue weighted by Crippen LogP contribution is 2.40. The van der Waals surface area contributed by atoms with Crippen LogP contribution in [0.1, 0.15) is 65.7 Å². The van der Waals surface area contributed by atoms with Crippen molar-refractivity contribution in [2.75, 3.05) is 13.1 Å². The summed E-state index contributed by atoms with van der Waals surface area (Å²) < 4.78 is 0. The summed E-state index contributed by atoms with van der Waals surface area (Å²) in [5, 5.41) is 0. The van der Waals surface area contributed by atoms with E-state index in [9.17, 15) is 0 Å². The number of nitrogens with zero attached hydrogens (tertiary/aromatic N) is 1. The van der Waals surface area contributed by atoms with E-state index in [0.29, 0.717) is 11.5 Å². The zero-order valence-corrected chi connectivity index (χ0v) is 12.6. The van der Waals surface area contributed by atoms with Crippen molar-refractivity contribution in [3.63, 3.8) is 0 Å². The van der Waals surface area contributed by atoms with E-state index in [0.717, 1.165) is 12.0 Å². The molecule has 0 bridgehead atoms. The quantitative estimate of drug-likeness (QED) is 0.831. The van der Waals surface area contributed by atoms with Crippen LogP contribution in [-0.4, -0.2) is 30.1 Å². The minimum Gasteiger partial charge on any atom is -0.327 e. The highest BCUT2D eigenvalue weighted by Gasteiger charge is 2.40. The highest BCUT2D eigenvalue weighted by atomic mass is 15.2. The molecule has 1 saturated carbocycles. The summed E-state index contributed by atoms with van der Waals surface area (Å²) in [4.78, 5) is 2.76. The van der Waals surface area contributed by atoms with Crippen LogP contribution in [0.15, 0.2) is 0 Å². The van der Waals surface area contributed by atoms with Crippen molar-refractivity contribution in [2.45, 2.75) is 77.8 Å². The van der Waals surface area contributed by atoms with Crippen molar-refractivity contribution in [1.29, 1.82) is 0 Å². The molecule has 3 unspecified atom stereocenters. The molecule has 18 heavy (non-hydrogen) atoms. The smallest absolute Gasteiger partial charge is 0.0131 e. The molecule has 2 nitrogen and oxygen atoms in total. The molecule has 1 aliphatic carbocycles. The maximum absolute atomic E-state index is 6.47. The van der Waals surface area contributed by atoms with Gasteiger partial charge in [0.05, 0.1) is 0 Å². The third-order valence-electron chi connectivity index (χ3n) is 5.41. The van der Waals surface area contributed by atoms with Crippen LogP contribution >= 0.6 is 0 Å². The van der Waals surface area contributed by atoms with Crippen molar-refractivity contribution < 1.29 is 0 Å². The Morgan fingerprint density at radius 1 is 1.22 bits per heavy atom. The standard InChI is InChI=1S/C16H32N2/c1-4-7-14-8-5-6-11-18(14)12-13-9-10-16(2,3)15(13)17/h13-15H,4-12,17H2,1-3H3. The Balaban J connectivity index is 1.91. The summed E-state index contributed by atoms with van der Waals surface area (Å²) in [6.07, 6.45) is 9.59. The van der Waals surface area contributed by atoms with Crippen LogP contribution in [0.4, 0.5) is 0 Å². The lowest BCUT2D eigenvalue weighted by molar-refractivity contribution is 0.110. The van der Waals surface area contributed by atoms with Gasteiger partial charge in [-0.3, -0.25) is 0 Å². The topological polar surface area (TPSA) is 29.3 Å². The van der Waals surface area contributed by atoms with Crippen LogP contribution in [0.3, 0.4) is 0 Å². The maximum atomic E-state index is 6.47. The van der Waals surface area contributed by atoms with Gasteiger partial charge >= 0.3 is 0 Å². The summed E-state index contributed by atoms with van der Waals surface area (Å²) in [7, 11) is 0. The van der Waals surface area contributed by atoms with E-state index in [1.165, 1.54) is 58.0 Å². The fourth-order valence-electron chi connectivity index (χ4n) is 4.01. The van der Waals surface area contributed by atoms with Crippen LogP contribution in [0.25, 0.3) is 0 Å². The molecule has 3 atom stereocenters. The van der Waals surface area contributed by atoms with Gasteiger partial charge in [-0.2, -0.15) is 0 Å². The molecule has 1 saturated heterocycles. The predicted molar refractivity (Wildman–Crippen MR) is 78.6 cm³/mol. The summed E-state index contributed by atoms with van der Waals surface area (Å²) in [5.74, 6) is 0.734. The molecule has 0 spiro atoms. The van der Waals surface area contributed by atoms with E-state index in [2.05, 4.69) is 25.7 Å². The van der Waals surface area contributed by atoms with Crippen LogP contribution in [0, 0.1) is 11.3 Å². The lowest BCUT2D eigenvalue weighted by Crippen LogP contribution is -2.47. The van der Waals surface area contributed by atoms with Gasteiger partial charge in [-0.1, -0.05) is 33.6 Å². The first kappa shape index (κ1) is 14.3. The molecule has 2 N–H and O–H groups in total. The molecule has 0 aromatic carbocycles. The van der Waals surface area contributed by atoms with Gasteiger partial charge < -0.3 is 10.6 Å². The van der Waals surface area contributed by atoms with E-state index in [1.807, 2.05) is 0 Å².